The van der Waals surface area contributed by atoms with Crippen LogP contribution in [0.1, 0.15) is 97.8 Å². The lowest BCUT2D eigenvalue weighted by Gasteiger charge is -2.29. The molecule has 0 amide bonds. The number of rotatable bonds is 21. The fourth-order valence-corrected chi connectivity index (χ4v) is 4.94. The van der Waals surface area contributed by atoms with Gasteiger partial charge in [-0.1, -0.05) is 77.5 Å². The van der Waals surface area contributed by atoms with Gasteiger partial charge < -0.3 is 0 Å². The summed E-state index contributed by atoms with van der Waals surface area (Å²) in [5, 5.41) is 0. The molecule has 5 heteroatoms. The Morgan fingerprint density at radius 3 is 1.14 bits per heavy atom. The third-order valence-corrected chi connectivity index (χ3v) is 6.43. The van der Waals surface area contributed by atoms with Gasteiger partial charge in [0.2, 0.25) is 0 Å². The molecule has 0 aromatic carbocycles. The Morgan fingerprint density at radius 2 is 0.931 bits per heavy atom. The summed E-state index contributed by atoms with van der Waals surface area (Å²) in [5.41, 5.74) is 0. The van der Waals surface area contributed by atoms with E-state index in [1.54, 1.807) is 18.2 Å². The first-order valence-electron chi connectivity index (χ1n) is 11.5. The van der Waals surface area contributed by atoms with Gasteiger partial charge in [0.25, 0.3) is 0 Å². The molecule has 0 fully saturated rings. The summed E-state index contributed by atoms with van der Waals surface area (Å²) in [7, 11) is -3.74. The van der Waals surface area contributed by atoms with Crippen LogP contribution < -0.4 is 0 Å². The Balaban J connectivity index is 5.52. The smallest absolute Gasteiger partial charge is 0.283 e. The molecule has 0 spiro atoms. The Morgan fingerprint density at radius 1 is 0.655 bits per heavy atom. The van der Waals surface area contributed by atoms with Crippen LogP contribution in [-0.2, 0) is 18.1 Å². The highest BCUT2D eigenvalue weighted by Gasteiger charge is 2.36. The van der Waals surface area contributed by atoms with Gasteiger partial charge in [0.05, 0.1) is 18.3 Å². The normalized spacial score (nSPS) is 16.5. The van der Waals surface area contributed by atoms with Crippen LogP contribution in [-0.4, -0.2) is 18.3 Å². The first-order valence-corrected chi connectivity index (χ1v) is 12.9. The van der Waals surface area contributed by atoms with Crippen molar-refractivity contribution in [2.45, 2.75) is 116 Å². The highest BCUT2D eigenvalue weighted by molar-refractivity contribution is 7.48. The van der Waals surface area contributed by atoms with Gasteiger partial charge in [0.1, 0.15) is 0 Å². The molecule has 3 unspecified atom stereocenters. The van der Waals surface area contributed by atoms with Crippen molar-refractivity contribution in [1.82, 2.24) is 0 Å². The molecule has 0 saturated carbocycles. The average Bonchev–Trinajstić information content (AvgIpc) is 2.69. The van der Waals surface area contributed by atoms with Gasteiger partial charge in [-0.2, -0.15) is 0 Å². The summed E-state index contributed by atoms with van der Waals surface area (Å²) in [6, 6.07) is 0. The molecule has 0 radical (unpaired) electrons. The highest BCUT2D eigenvalue weighted by atomic mass is 31.2. The lowest BCUT2D eigenvalue weighted by atomic mass is 10.1. The molecule has 0 aliphatic carbocycles. The Bertz CT molecular complexity index is 411. The minimum Gasteiger partial charge on any atom is -0.283 e. The Hall–Kier alpha value is -0.670. The molecule has 29 heavy (non-hydrogen) atoms. The molecule has 4 nitrogen and oxygen atoms in total. The maximum Gasteiger partial charge on any atom is 0.475 e. The highest BCUT2D eigenvalue weighted by Crippen LogP contribution is 2.55. The third-order valence-electron chi connectivity index (χ3n) is 4.76. The van der Waals surface area contributed by atoms with Crippen molar-refractivity contribution in [3.05, 3.63) is 38.0 Å². The summed E-state index contributed by atoms with van der Waals surface area (Å²) in [6.45, 7) is 17.9. The first kappa shape index (κ1) is 28.3. The number of phosphoric ester groups is 1. The molecule has 0 aromatic heterocycles. The average molecular weight is 429 g/mol. The zero-order valence-corrected chi connectivity index (χ0v) is 20.0. The van der Waals surface area contributed by atoms with Crippen LogP contribution in [0.2, 0.25) is 0 Å². The molecule has 0 heterocycles. The summed E-state index contributed by atoms with van der Waals surface area (Å²) in [5.74, 6) is 0. The number of hydrogen-bond donors (Lipinski definition) is 0. The van der Waals surface area contributed by atoms with Crippen LogP contribution >= 0.6 is 7.82 Å². The number of phosphoric acid groups is 1. The summed E-state index contributed by atoms with van der Waals surface area (Å²) in [4.78, 5) is 0. The minimum absolute atomic E-state index is 0.218. The second kappa shape index (κ2) is 18.1. The van der Waals surface area contributed by atoms with Crippen molar-refractivity contribution < 1.29 is 18.1 Å². The SMILES string of the molecule is C=CCC(CCCC)OP(=O)(OC(CC=C)CCCC)OC(CC=C)CCCC. The van der Waals surface area contributed by atoms with E-state index in [1.165, 1.54) is 0 Å². The van der Waals surface area contributed by atoms with Crippen LogP contribution in [0.4, 0.5) is 0 Å². The van der Waals surface area contributed by atoms with Gasteiger partial charge in [0.15, 0.2) is 0 Å². The Kier molecular flexibility index (Phi) is 17.7. The van der Waals surface area contributed by atoms with Crippen LogP contribution in [0.3, 0.4) is 0 Å². The van der Waals surface area contributed by atoms with Gasteiger partial charge in [-0.25, -0.2) is 4.57 Å². The zero-order chi connectivity index (χ0) is 22.0. The van der Waals surface area contributed by atoms with Crippen LogP contribution in [0.15, 0.2) is 38.0 Å². The molecule has 0 bridgehead atoms. The van der Waals surface area contributed by atoms with Gasteiger partial charge in [-0.3, -0.25) is 13.6 Å². The minimum atomic E-state index is -3.74. The van der Waals surface area contributed by atoms with E-state index < -0.39 is 7.82 Å². The van der Waals surface area contributed by atoms with Crippen LogP contribution in [0.5, 0.6) is 0 Å². The number of unbranched alkanes of at least 4 members (excludes halogenated alkanes) is 3. The van der Waals surface area contributed by atoms with E-state index in [2.05, 4.69) is 40.5 Å². The topological polar surface area (TPSA) is 44.8 Å². The van der Waals surface area contributed by atoms with Crippen molar-refractivity contribution in [2.24, 2.45) is 0 Å². The Labute approximate surface area is 180 Å². The predicted molar refractivity (Wildman–Crippen MR) is 125 cm³/mol. The van der Waals surface area contributed by atoms with E-state index in [0.717, 1.165) is 57.8 Å². The lowest BCUT2D eigenvalue weighted by Crippen LogP contribution is -2.21. The van der Waals surface area contributed by atoms with Crippen molar-refractivity contribution in [3.63, 3.8) is 0 Å². The van der Waals surface area contributed by atoms with E-state index in [0.29, 0.717) is 19.3 Å². The second-order valence-electron chi connectivity index (χ2n) is 7.63. The van der Waals surface area contributed by atoms with E-state index in [-0.39, 0.29) is 18.3 Å². The molecule has 3 atom stereocenters. The van der Waals surface area contributed by atoms with Gasteiger partial charge in [-0.05, 0) is 38.5 Å². The van der Waals surface area contributed by atoms with Gasteiger partial charge in [0, 0.05) is 0 Å². The molecule has 0 N–H and O–H groups in total. The molecule has 0 aromatic rings. The molecule has 0 aliphatic heterocycles. The zero-order valence-electron chi connectivity index (χ0n) is 19.2. The molecule has 0 rings (SSSR count). The van der Waals surface area contributed by atoms with Crippen molar-refractivity contribution in [3.8, 4) is 0 Å². The van der Waals surface area contributed by atoms with Crippen molar-refractivity contribution >= 4 is 7.82 Å². The summed E-state index contributed by atoms with van der Waals surface area (Å²) in [6.07, 6.45) is 15.2. The number of hydrogen-bond acceptors (Lipinski definition) is 4. The monoisotopic (exact) mass is 428 g/mol. The maximum atomic E-state index is 13.8. The predicted octanol–water partition coefficient (Wildman–Crippen LogP) is 8.55. The summed E-state index contributed by atoms with van der Waals surface area (Å²) < 4.78 is 32.0. The quantitative estimate of drug-likeness (QED) is 0.136. The molecule has 170 valence electrons. The molecule has 0 aliphatic rings. The lowest BCUT2D eigenvalue weighted by molar-refractivity contribution is 0.0253. The van der Waals surface area contributed by atoms with Crippen molar-refractivity contribution in [1.29, 1.82) is 0 Å². The molecular formula is C24H45O4P. The van der Waals surface area contributed by atoms with E-state index >= 15 is 0 Å². The van der Waals surface area contributed by atoms with Crippen LogP contribution in [0, 0.1) is 0 Å². The van der Waals surface area contributed by atoms with E-state index in [9.17, 15) is 4.57 Å². The molecular weight excluding hydrogens is 383 g/mol. The van der Waals surface area contributed by atoms with Crippen LogP contribution in [0.25, 0.3) is 0 Å². The third kappa shape index (κ3) is 14.0. The standard InChI is InChI=1S/C24H45O4P/c1-7-13-19-22(16-10-4)26-29(25,27-23(17-11-5)20-14-8-2)28-24(18-12-6)21-15-9-3/h10-12,22-24H,4-9,13-21H2,1-3H3. The molecule has 0 saturated heterocycles. The second-order valence-corrected chi connectivity index (χ2v) is 9.16. The maximum absolute atomic E-state index is 13.8. The van der Waals surface area contributed by atoms with Gasteiger partial charge >= 0.3 is 7.82 Å². The van der Waals surface area contributed by atoms with Gasteiger partial charge in [-0.15, -0.1) is 19.7 Å². The van der Waals surface area contributed by atoms with E-state index in [1.807, 2.05) is 0 Å². The summed E-state index contributed by atoms with van der Waals surface area (Å²) >= 11 is 0. The first-order chi connectivity index (χ1) is 14.0. The fraction of sp³-hybridized carbons (Fsp3) is 0.750. The fourth-order valence-electron chi connectivity index (χ4n) is 3.12. The van der Waals surface area contributed by atoms with Crippen molar-refractivity contribution in [2.75, 3.05) is 0 Å². The largest absolute Gasteiger partial charge is 0.475 e. The van der Waals surface area contributed by atoms with E-state index in [4.69, 9.17) is 13.6 Å².